The van der Waals surface area contributed by atoms with Crippen molar-refractivity contribution in [2.24, 2.45) is 5.73 Å². The summed E-state index contributed by atoms with van der Waals surface area (Å²) in [6.07, 6.45) is 0.789. The van der Waals surface area contributed by atoms with E-state index in [1.165, 1.54) is 24.3 Å². The SMILES string of the molecule is NC(=O)c1ccccc1NS(=O)(=O)c1ccc2c(c1)CCC(=O)N2. The maximum atomic E-state index is 12.6. The Morgan fingerprint density at radius 3 is 2.62 bits per heavy atom. The van der Waals surface area contributed by atoms with Crippen LogP contribution in [0.1, 0.15) is 22.3 Å². The van der Waals surface area contributed by atoms with Gasteiger partial charge in [-0.1, -0.05) is 12.1 Å². The molecule has 0 radical (unpaired) electrons. The zero-order valence-corrected chi connectivity index (χ0v) is 13.4. The first-order valence-electron chi connectivity index (χ1n) is 7.21. The van der Waals surface area contributed by atoms with Crippen LogP contribution in [0.3, 0.4) is 0 Å². The van der Waals surface area contributed by atoms with E-state index in [4.69, 9.17) is 5.73 Å². The lowest BCUT2D eigenvalue weighted by atomic mass is 10.0. The molecule has 3 rings (SSSR count). The van der Waals surface area contributed by atoms with Crippen LogP contribution in [0.4, 0.5) is 11.4 Å². The van der Waals surface area contributed by atoms with Crippen molar-refractivity contribution >= 4 is 33.2 Å². The van der Waals surface area contributed by atoms with E-state index in [9.17, 15) is 18.0 Å². The number of amides is 2. The molecule has 8 heteroatoms. The predicted molar refractivity (Wildman–Crippen MR) is 89.2 cm³/mol. The fourth-order valence-corrected chi connectivity index (χ4v) is 3.65. The number of carbonyl (C=O) groups is 2. The van der Waals surface area contributed by atoms with Crippen molar-refractivity contribution in [2.45, 2.75) is 17.7 Å². The molecule has 0 saturated carbocycles. The molecule has 2 aromatic rings. The molecular weight excluding hydrogens is 330 g/mol. The van der Waals surface area contributed by atoms with Crippen LogP contribution in [-0.4, -0.2) is 20.2 Å². The Morgan fingerprint density at radius 2 is 1.88 bits per heavy atom. The fraction of sp³-hybridized carbons (Fsp3) is 0.125. The molecule has 1 aliphatic heterocycles. The second-order valence-electron chi connectivity index (χ2n) is 5.38. The van der Waals surface area contributed by atoms with E-state index in [0.29, 0.717) is 18.5 Å². The lowest BCUT2D eigenvalue weighted by molar-refractivity contribution is -0.116. The third kappa shape index (κ3) is 3.09. The van der Waals surface area contributed by atoms with E-state index in [-0.39, 0.29) is 22.1 Å². The number of hydrogen-bond acceptors (Lipinski definition) is 4. The van der Waals surface area contributed by atoms with Crippen molar-refractivity contribution in [3.8, 4) is 0 Å². The first-order chi connectivity index (χ1) is 11.4. The van der Waals surface area contributed by atoms with Gasteiger partial charge in [-0.3, -0.25) is 14.3 Å². The van der Waals surface area contributed by atoms with Gasteiger partial charge in [-0.2, -0.15) is 0 Å². The Labute approximate surface area is 138 Å². The van der Waals surface area contributed by atoms with Crippen LogP contribution in [-0.2, 0) is 21.2 Å². The molecule has 1 heterocycles. The van der Waals surface area contributed by atoms with Gasteiger partial charge in [-0.25, -0.2) is 8.42 Å². The van der Waals surface area contributed by atoms with Crippen molar-refractivity contribution in [3.63, 3.8) is 0 Å². The number of benzene rings is 2. The summed E-state index contributed by atoms with van der Waals surface area (Å²) in [6.45, 7) is 0. The van der Waals surface area contributed by atoms with Crippen LogP contribution in [0, 0.1) is 0 Å². The number of nitrogens with two attached hydrogens (primary N) is 1. The molecule has 124 valence electrons. The summed E-state index contributed by atoms with van der Waals surface area (Å²) < 4.78 is 27.5. The summed E-state index contributed by atoms with van der Waals surface area (Å²) in [7, 11) is -3.89. The molecule has 0 aromatic heterocycles. The second-order valence-corrected chi connectivity index (χ2v) is 7.06. The van der Waals surface area contributed by atoms with Gasteiger partial charge in [0.05, 0.1) is 16.1 Å². The van der Waals surface area contributed by atoms with Crippen LogP contribution in [0.25, 0.3) is 0 Å². The maximum Gasteiger partial charge on any atom is 0.261 e. The highest BCUT2D eigenvalue weighted by atomic mass is 32.2. The van der Waals surface area contributed by atoms with Gasteiger partial charge in [0.25, 0.3) is 15.9 Å². The van der Waals surface area contributed by atoms with Gasteiger partial charge in [-0.15, -0.1) is 0 Å². The number of sulfonamides is 1. The van der Waals surface area contributed by atoms with Gasteiger partial charge < -0.3 is 11.1 Å². The van der Waals surface area contributed by atoms with E-state index in [1.54, 1.807) is 18.2 Å². The molecule has 2 aromatic carbocycles. The van der Waals surface area contributed by atoms with Crippen LogP contribution in [0.5, 0.6) is 0 Å². The highest BCUT2D eigenvalue weighted by molar-refractivity contribution is 7.92. The summed E-state index contributed by atoms with van der Waals surface area (Å²) in [5.74, 6) is -0.812. The number of carbonyl (C=O) groups excluding carboxylic acids is 2. The van der Waals surface area contributed by atoms with Crippen LogP contribution in [0.15, 0.2) is 47.4 Å². The van der Waals surface area contributed by atoms with Gasteiger partial charge >= 0.3 is 0 Å². The average molecular weight is 345 g/mol. The van der Waals surface area contributed by atoms with Gasteiger partial charge in [-0.05, 0) is 42.3 Å². The van der Waals surface area contributed by atoms with E-state index in [1.807, 2.05) is 0 Å². The van der Waals surface area contributed by atoms with E-state index >= 15 is 0 Å². The van der Waals surface area contributed by atoms with Crippen molar-refractivity contribution < 1.29 is 18.0 Å². The molecule has 0 spiro atoms. The van der Waals surface area contributed by atoms with Gasteiger partial charge in [0.1, 0.15) is 0 Å². The maximum absolute atomic E-state index is 12.6. The first-order valence-corrected chi connectivity index (χ1v) is 8.69. The normalized spacial score (nSPS) is 13.8. The first kappa shape index (κ1) is 16.0. The lowest BCUT2D eigenvalue weighted by Gasteiger charge is -2.18. The quantitative estimate of drug-likeness (QED) is 0.777. The van der Waals surface area contributed by atoms with Gasteiger partial charge in [0, 0.05) is 12.1 Å². The summed E-state index contributed by atoms with van der Waals surface area (Å²) in [4.78, 5) is 22.8. The van der Waals surface area contributed by atoms with E-state index in [0.717, 1.165) is 5.56 Å². The van der Waals surface area contributed by atoms with E-state index < -0.39 is 15.9 Å². The average Bonchev–Trinajstić information content (AvgIpc) is 2.54. The molecular formula is C16H15N3O4S. The Kier molecular flexibility index (Phi) is 3.98. The molecule has 1 aliphatic rings. The molecule has 0 atom stereocenters. The van der Waals surface area contributed by atoms with Crippen molar-refractivity contribution in [3.05, 3.63) is 53.6 Å². The zero-order chi connectivity index (χ0) is 17.3. The third-order valence-corrected chi connectivity index (χ3v) is 5.08. The minimum absolute atomic E-state index is 0.0525. The largest absolute Gasteiger partial charge is 0.366 e. The second kappa shape index (κ2) is 5.97. The molecule has 0 aliphatic carbocycles. The number of fused-ring (bicyclic) bond motifs is 1. The number of rotatable bonds is 4. The highest BCUT2D eigenvalue weighted by Gasteiger charge is 2.21. The molecule has 2 amide bonds. The molecule has 7 nitrogen and oxygen atoms in total. The lowest BCUT2D eigenvalue weighted by Crippen LogP contribution is -2.21. The topological polar surface area (TPSA) is 118 Å². The summed E-state index contributed by atoms with van der Waals surface area (Å²) in [6, 6.07) is 10.6. The minimum atomic E-state index is -3.89. The number of hydrogen-bond donors (Lipinski definition) is 3. The predicted octanol–water partition coefficient (Wildman–Crippen LogP) is 1.47. The summed E-state index contributed by atoms with van der Waals surface area (Å²) in [5.41, 5.74) is 6.84. The Hall–Kier alpha value is -2.87. The number of para-hydroxylation sites is 1. The van der Waals surface area contributed by atoms with Crippen LogP contribution < -0.4 is 15.8 Å². The third-order valence-electron chi connectivity index (χ3n) is 3.72. The van der Waals surface area contributed by atoms with Crippen molar-refractivity contribution in [1.29, 1.82) is 0 Å². The number of aryl methyl sites for hydroxylation is 1. The Morgan fingerprint density at radius 1 is 1.12 bits per heavy atom. The van der Waals surface area contributed by atoms with Crippen LogP contribution in [0.2, 0.25) is 0 Å². The van der Waals surface area contributed by atoms with Crippen LogP contribution >= 0.6 is 0 Å². The summed E-state index contributed by atoms with van der Waals surface area (Å²) >= 11 is 0. The highest BCUT2D eigenvalue weighted by Crippen LogP contribution is 2.27. The molecule has 0 unspecified atom stereocenters. The number of nitrogens with one attached hydrogen (secondary N) is 2. The molecule has 0 saturated heterocycles. The Bertz CT molecular complexity index is 938. The molecule has 0 bridgehead atoms. The van der Waals surface area contributed by atoms with Crippen molar-refractivity contribution in [2.75, 3.05) is 10.0 Å². The minimum Gasteiger partial charge on any atom is -0.366 e. The Balaban J connectivity index is 1.95. The standard InChI is InChI=1S/C16H15N3O4S/c17-16(21)12-3-1-2-4-14(12)19-24(22,23)11-6-7-13-10(9-11)5-8-15(20)18-13/h1-4,6-7,9,19H,5,8H2,(H2,17,21)(H,18,20). The molecule has 24 heavy (non-hydrogen) atoms. The van der Waals surface area contributed by atoms with Crippen molar-refractivity contribution in [1.82, 2.24) is 0 Å². The smallest absolute Gasteiger partial charge is 0.261 e. The molecule has 4 N–H and O–H groups in total. The summed E-state index contributed by atoms with van der Waals surface area (Å²) in [5, 5.41) is 2.70. The monoisotopic (exact) mass is 345 g/mol. The number of primary amides is 1. The van der Waals surface area contributed by atoms with E-state index in [2.05, 4.69) is 10.0 Å². The van der Waals surface area contributed by atoms with Gasteiger partial charge in [0.15, 0.2) is 0 Å². The number of anilines is 2. The zero-order valence-electron chi connectivity index (χ0n) is 12.6. The fourth-order valence-electron chi connectivity index (χ4n) is 2.52. The molecule has 0 fully saturated rings. The van der Waals surface area contributed by atoms with Gasteiger partial charge in [0.2, 0.25) is 5.91 Å².